The number of hydrogen-bond donors (Lipinski definition) is 19. The van der Waals surface area contributed by atoms with Crippen molar-refractivity contribution in [3.05, 3.63) is 96.1 Å². The largest absolute Gasteiger partial charge is 0.480 e. The van der Waals surface area contributed by atoms with E-state index < -0.39 is 115 Å². The highest BCUT2D eigenvalue weighted by Gasteiger charge is 2.34. The van der Waals surface area contributed by atoms with Gasteiger partial charge in [-0.2, -0.15) is 0 Å². The number of hydrogen-bond acceptors (Lipinski definition) is 15. The van der Waals surface area contributed by atoms with Crippen molar-refractivity contribution in [2.45, 2.75) is 133 Å². The summed E-state index contributed by atoms with van der Waals surface area (Å²) in [6.07, 6.45) is 1.00. The first-order chi connectivity index (χ1) is 45.3. The third-order valence-corrected chi connectivity index (χ3v) is 14.6. The van der Waals surface area contributed by atoms with Crippen molar-refractivity contribution in [3.63, 3.8) is 0 Å². The summed E-state index contributed by atoms with van der Waals surface area (Å²) in [5, 5.41) is 36.5. The lowest BCUT2D eigenvalue weighted by molar-refractivity contribution is -0.142. The van der Waals surface area contributed by atoms with Crippen molar-refractivity contribution in [3.8, 4) is 0 Å². The molecule has 33 nitrogen and oxygen atoms in total. The molecule has 0 aromatic heterocycles. The number of unbranched alkanes of at least 4 members (excludes halogenated alkanes) is 1. The van der Waals surface area contributed by atoms with Gasteiger partial charge in [-0.3, -0.25) is 63.1 Å². The Labute approximate surface area is 549 Å². The second-order valence-corrected chi connectivity index (χ2v) is 22.4. The van der Waals surface area contributed by atoms with Crippen LogP contribution in [0.25, 0.3) is 21.5 Å². The molecule has 9 amide bonds. The van der Waals surface area contributed by atoms with Gasteiger partial charge in [-0.05, 0) is 110 Å². The van der Waals surface area contributed by atoms with Gasteiger partial charge in [0.25, 0.3) is 0 Å². The molecular formula is C62H92N22O11. The van der Waals surface area contributed by atoms with Gasteiger partial charge in [-0.1, -0.05) is 84.9 Å². The molecule has 4 aromatic carbocycles. The zero-order chi connectivity index (χ0) is 69.8. The fourth-order valence-electron chi connectivity index (χ4n) is 9.85. The molecule has 0 bridgehead atoms. The fraction of sp³-hybridized carbons (Fsp3) is 0.452. The van der Waals surface area contributed by atoms with E-state index in [1.807, 2.05) is 72.8 Å². The smallest absolute Gasteiger partial charge is 0.326 e. The van der Waals surface area contributed by atoms with Crippen molar-refractivity contribution in [1.82, 2.24) is 47.9 Å². The molecule has 0 spiro atoms. The monoisotopic (exact) mass is 1320 g/mol. The van der Waals surface area contributed by atoms with E-state index in [9.17, 15) is 43.5 Å². The fourth-order valence-corrected chi connectivity index (χ4v) is 9.85. The minimum atomic E-state index is -1.49. The average molecular weight is 1320 g/mol. The zero-order valence-electron chi connectivity index (χ0n) is 53.3. The molecule has 28 N–H and O–H groups in total. The van der Waals surface area contributed by atoms with E-state index in [-0.39, 0.29) is 121 Å². The van der Waals surface area contributed by atoms with E-state index in [0.29, 0.717) is 30.5 Å². The molecule has 0 aliphatic carbocycles. The Morgan fingerprint density at radius 2 is 0.716 bits per heavy atom. The number of nitrogens with two attached hydrogens (primary N) is 9. The molecular weight excluding hydrogens is 1230 g/mol. The van der Waals surface area contributed by atoms with Crippen molar-refractivity contribution < 1.29 is 53.1 Å². The van der Waals surface area contributed by atoms with E-state index in [4.69, 9.17) is 51.6 Å². The van der Waals surface area contributed by atoms with Gasteiger partial charge < -0.3 is 105 Å². The summed E-state index contributed by atoms with van der Waals surface area (Å²) >= 11 is 0. The van der Waals surface area contributed by atoms with E-state index in [1.54, 1.807) is 12.1 Å². The number of carbonyl (C=O) groups is 10. The van der Waals surface area contributed by atoms with Gasteiger partial charge in [0, 0.05) is 45.9 Å². The van der Waals surface area contributed by atoms with Crippen LogP contribution in [0.3, 0.4) is 0 Å². The molecule has 0 saturated carbocycles. The van der Waals surface area contributed by atoms with E-state index >= 15 is 9.59 Å². The lowest BCUT2D eigenvalue weighted by Crippen LogP contribution is -2.60. The number of nitrogens with one attached hydrogen (secondary N) is 9. The van der Waals surface area contributed by atoms with Crippen LogP contribution >= 0.6 is 0 Å². The molecule has 0 radical (unpaired) electrons. The Balaban J connectivity index is 1.72. The molecule has 33 heteroatoms. The highest BCUT2D eigenvalue weighted by molar-refractivity contribution is 5.98. The van der Waals surface area contributed by atoms with Crippen LogP contribution in [0.1, 0.15) is 88.7 Å². The topological polar surface area (TPSA) is 583 Å². The number of carbonyl (C=O) groups excluding carboxylic acids is 9. The first-order valence-electron chi connectivity index (χ1n) is 31.0. The van der Waals surface area contributed by atoms with Gasteiger partial charge in [-0.15, -0.1) is 0 Å². The first kappa shape index (κ1) is 76.6. The summed E-state index contributed by atoms with van der Waals surface area (Å²) in [7, 11) is 0. The minimum Gasteiger partial charge on any atom is -0.480 e. The van der Waals surface area contributed by atoms with Gasteiger partial charge >= 0.3 is 5.97 Å². The second kappa shape index (κ2) is 40.9. The van der Waals surface area contributed by atoms with Crippen molar-refractivity contribution in [2.75, 3.05) is 45.8 Å². The van der Waals surface area contributed by atoms with Crippen LogP contribution in [0.5, 0.6) is 0 Å². The first-order valence-corrected chi connectivity index (χ1v) is 31.0. The number of aliphatic imine (C=N–C) groups is 4. The maximum Gasteiger partial charge on any atom is 0.326 e. The summed E-state index contributed by atoms with van der Waals surface area (Å²) in [5.74, 6) is -9.49. The zero-order valence-corrected chi connectivity index (χ0v) is 53.3. The molecule has 4 aromatic rings. The minimum absolute atomic E-state index is 0.00816. The average Bonchev–Trinajstić information content (AvgIpc) is 0.860. The molecule has 0 saturated heterocycles. The van der Waals surface area contributed by atoms with Gasteiger partial charge in [0.2, 0.25) is 53.2 Å². The highest BCUT2D eigenvalue weighted by Crippen LogP contribution is 2.20. The molecule has 4 rings (SSSR count). The molecule has 0 aliphatic heterocycles. The van der Waals surface area contributed by atoms with Crippen molar-refractivity contribution in [1.29, 1.82) is 0 Å². The van der Waals surface area contributed by atoms with Gasteiger partial charge in [-0.25, -0.2) is 4.79 Å². The number of carboxylic acid groups (broad SMARTS) is 1. The Hall–Kier alpha value is -10.9. The summed E-state index contributed by atoms with van der Waals surface area (Å²) in [6.45, 7) is 0.363. The predicted octanol–water partition coefficient (Wildman–Crippen LogP) is -4.15. The van der Waals surface area contributed by atoms with Crippen LogP contribution < -0.4 is 99.5 Å². The van der Waals surface area contributed by atoms with Crippen molar-refractivity contribution in [2.24, 2.45) is 71.6 Å². The lowest BCUT2D eigenvalue weighted by Gasteiger charge is -2.28. The third-order valence-electron chi connectivity index (χ3n) is 14.6. The van der Waals surface area contributed by atoms with Gasteiger partial charge in [0.15, 0.2) is 23.8 Å². The quantitative estimate of drug-likeness (QED) is 0.0114. The molecule has 7 atom stereocenters. The maximum absolute atomic E-state index is 15.1. The normalized spacial score (nSPS) is 13.0. The number of benzene rings is 4. The number of aliphatic carboxylic acids is 1. The SMILES string of the molecule is CC(=O)N[C@@H](CCCN=C(N)N)C(=O)N[C@@H](CCCN=C(N)N)C(=O)N[C@@H](CCCN=C(N)N)C(=O)N[C@@H](CCCN=C(N)N)C(=O)N[C@@H](Cc1ccc2ccccc2c1)C(=O)N[C@H](Cc1ccc2ccccc2c1)C(=O)NCC(=O)NCC(=O)N[C@@H](CCCCN)C(=O)O. The molecule has 0 aliphatic rings. The van der Waals surface area contributed by atoms with Crippen LogP contribution in [-0.4, -0.2) is 176 Å². The van der Waals surface area contributed by atoms with Crippen LogP contribution in [0.15, 0.2) is 105 Å². The molecule has 0 fully saturated rings. The Morgan fingerprint density at radius 1 is 0.379 bits per heavy atom. The summed E-state index contributed by atoms with van der Waals surface area (Å²) < 4.78 is 0. The number of fused-ring (bicyclic) bond motifs is 2. The second-order valence-electron chi connectivity index (χ2n) is 22.4. The lowest BCUT2D eigenvalue weighted by atomic mass is 9.98. The highest BCUT2D eigenvalue weighted by atomic mass is 16.4. The Kier molecular flexibility index (Phi) is 33.0. The van der Waals surface area contributed by atoms with Crippen molar-refractivity contribution >= 4 is 105 Å². The number of guanidine groups is 4. The third kappa shape index (κ3) is 29.5. The number of carboxylic acids is 1. The van der Waals surface area contributed by atoms with Crippen LogP contribution in [0, 0.1) is 0 Å². The van der Waals surface area contributed by atoms with Crippen LogP contribution in [0.2, 0.25) is 0 Å². The van der Waals surface area contributed by atoms with Crippen LogP contribution in [-0.2, 0) is 60.8 Å². The summed E-state index contributed by atoms with van der Waals surface area (Å²) in [6, 6.07) is 16.1. The molecule has 516 valence electrons. The number of nitrogens with zero attached hydrogens (tertiary/aromatic N) is 4. The predicted molar refractivity (Wildman–Crippen MR) is 361 cm³/mol. The van der Waals surface area contributed by atoms with Gasteiger partial charge in [0.05, 0.1) is 13.1 Å². The summed E-state index contributed by atoms with van der Waals surface area (Å²) in [4.78, 5) is 154. The number of rotatable bonds is 42. The van der Waals surface area contributed by atoms with E-state index in [0.717, 1.165) is 21.5 Å². The number of amides is 9. The van der Waals surface area contributed by atoms with E-state index in [2.05, 4.69) is 67.8 Å². The van der Waals surface area contributed by atoms with Crippen LogP contribution in [0.4, 0.5) is 0 Å². The molecule has 95 heavy (non-hydrogen) atoms. The standard InChI is InChI=1S/C62H92N22O11/c1-36(85)78-43(17-8-26-72-59(64)65)53(89)80-44(18-9-27-73-60(66)67)54(90)81-45(19-10-28-74-61(68)69)55(91)82-46(20-11-29-75-62(70)71)56(92)84-49(33-38-22-24-40-13-3-5-15-42(40)31-38)57(93)83-48(32-37-21-23-39-12-2-4-14-41(39)30-37)52(88)77-34-50(86)76-35-51(87)79-47(58(94)95)16-6-7-25-63/h2-5,12-15,21-24,30-31,43-49H,6-11,16-20,25-29,32-35,63H2,1H3,(H,76,86)(H,77,88)(H,78,85)(H,79,87)(H,80,89)(H,81,90)(H,82,91)(H,83,93)(H,84,92)(H,94,95)(H4,64,65,72)(H4,66,67,73)(H4,68,69,74)(H4,70,71,75)/t43-,44-,45-,46-,47-,48+,49-/m0/s1. The molecule has 0 unspecified atom stereocenters. The Bertz CT molecular complexity index is 3380. The van der Waals surface area contributed by atoms with Gasteiger partial charge in [0.1, 0.15) is 42.3 Å². The molecule has 0 heterocycles. The summed E-state index contributed by atoms with van der Waals surface area (Å²) in [5.41, 5.74) is 51.2. The Morgan fingerprint density at radius 3 is 1.08 bits per heavy atom. The maximum atomic E-state index is 15.1. The van der Waals surface area contributed by atoms with E-state index in [1.165, 1.54) is 6.92 Å².